The zero-order chi connectivity index (χ0) is 9.99. The van der Waals surface area contributed by atoms with Crippen molar-refractivity contribution in [2.24, 2.45) is 0 Å². The van der Waals surface area contributed by atoms with E-state index in [4.69, 9.17) is 24.7 Å². The van der Waals surface area contributed by atoms with Crippen molar-refractivity contribution >= 4 is 15.2 Å². The van der Waals surface area contributed by atoms with Crippen molar-refractivity contribution in [2.75, 3.05) is 6.16 Å². The molecule has 0 radical (unpaired) electrons. The van der Waals surface area contributed by atoms with Gasteiger partial charge < -0.3 is 24.7 Å². The van der Waals surface area contributed by atoms with Gasteiger partial charge in [-0.1, -0.05) is 0 Å². The topological polar surface area (TPSA) is 135 Å². The molecule has 0 saturated heterocycles. The van der Waals surface area contributed by atoms with E-state index in [0.29, 0.717) is 0 Å². The predicted octanol–water partition coefficient (Wildman–Crippen LogP) is -0.950. The Bertz CT molecular complexity index is 225. The van der Waals surface area contributed by atoms with E-state index in [2.05, 4.69) is 0 Å². The zero-order valence-electron chi connectivity index (χ0n) is 5.94. The summed E-state index contributed by atoms with van der Waals surface area (Å²) in [6.07, 6.45) is -1.35. The van der Waals surface area contributed by atoms with Crippen LogP contribution in [0.2, 0.25) is 0 Å². The summed E-state index contributed by atoms with van der Waals surface area (Å²) in [5.74, 6) is -2.00. The lowest BCUT2D eigenvalue weighted by atomic mass is 10.5. The molecule has 7 nitrogen and oxygen atoms in total. The molecule has 0 aliphatic rings. The number of aliphatic hydroxyl groups is 1. The van der Waals surface area contributed by atoms with Crippen molar-refractivity contribution in [1.82, 2.24) is 0 Å². The molecule has 12 heavy (non-hydrogen) atoms. The van der Waals surface area contributed by atoms with Crippen LogP contribution in [0.1, 0.15) is 6.42 Å². The van der Waals surface area contributed by atoms with E-state index in [1.165, 1.54) is 0 Å². The Hall–Kier alpha value is 0.260. The largest absolute Gasteiger partial charge is 0.380 e. The smallest absolute Gasteiger partial charge is 0.353 e. The highest BCUT2D eigenvalue weighted by Gasteiger charge is 2.28. The van der Waals surface area contributed by atoms with Crippen LogP contribution >= 0.6 is 15.2 Å². The Balaban J connectivity index is 3.97. The third-order valence-electron chi connectivity index (χ3n) is 1.07. The molecule has 0 saturated carbocycles. The molecular weight excluding hydrogens is 210 g/mol. The van der Waals surface area contributed by atoms with E-state index >= 15 is 0 Å². The molecule has 0 aromatic carbocycles. The number of aliphatic hydroxyl groups excluding tert-OH is 1. The predicted molar refractivity (Wildman–Crippen MR) is 39.6 cm³/mol. The van der Waals surface area contributed by atoms with Crippen LogP contribution in [0.25, 0.3) is 0 Å². The molecular formula is C3H10O7P2. The summed E-state index contributed by atoms with van der Waals surface area (Å²) >= 11 is 0. The van der Waals surface area contributed by atoms with Gasteiger partial charge in [-0.3, -0.25) is 9.13 Å². The highest BCUT2D eigenvalue weighted by molar-refractivity contribution is 7.53. The van der Waals surface area contributed by atoms with Crippen LogP contribution in [0.4, 0.5) is 0 Å². The molecule has 9 heteroatoms. The van der Waals surface area contributed by atoms with Crippen molar-refractivity contribution in [3.63, 3.8) is 0 Å². The lowest BCUT2D eigenvalue weighted by Gasteiger charge is -2.11. The summed E-state index contributed by atoms with van der Waals surface area (Å²) < 4.78 is 20.4. The van der Waals surface area contributed by atoms with Gasteiger partial charge in [0.2, 0.25) is 0 Å². The minimum Gasteiger partial charge on any atom is -0.380 e. The van der Waals surface area contributed by atoms with E-state index in [0.717, 1.165) is 0 Å². The molecule has 0 bridgehead atoms. The fourth-order valence-electron chi connectivity index (χ4n) is 0.452. The molecule has 1 unspecified atom stereocenters. The number of hydrogen-bond donors (Lipinski definition) is 5. The molecule has 0 aromatic heterocycles. The number of hydrogen-bond acceptors (Lipinski definition) is 3. The quantitative estimate of drug-likeness (QED) is 0.385. The van der Waals surface area contributed by atoms with Gasteiger partial charge in [0.05, 0.1) is 6.16 Å². The van der Waals surface area contributed by atoms with E-state index in [1.807, 2.05) is 0 Å². The van der Waals surface area contributed by atoms with Crippen molar-refractivity contribution in [3.8, 4) is 0 Å². The summed E-state index contributed by atoms with van der Waals surface area (Å²) in [5.41, 5.74) is 0. The van der Waals surface area contributed by atoms with Gasteiger partial charge in [0.25, 0.3) is 0 Å². The zero-order valence-corrected chi connectivity index (χ0v) is 7.73. The Morgan fingerprint density at radius 3 is 1.75 bits per heavy atom. The minimum atomic E-state index is -4.63. The van der Waals surface area contributed by atoms with Crippen LogP contribution in [-0.2, 0) is 9.13 Å². The fraction of sp³-hybridized carbons (Fsp3) is 1.00. The van der Waals surface area contributed by atoms with Crippen LogP contribution in [0.5, 0.6) is 0 Å². The lowest BCUT2D eigenvalue weighted by molar-refractivity contribution is 0.197. The second-order valence-corrected chi connectivity index (χ2v) is 5.80. The molecule has 1 atom stereocenters. The molecule has 0 rings (SSSR count). The second-order valence-electron chi connectivity index (χ2n) is 2.25. The van der Waals surface area contributed by atoms with E-state index < -0.39 is 33.6 Å². The first-order valence-corrected chi connectivity index (χ1v) is 6.39. The van der Waals surface area contributed by atoms with Crippen molar-refractivity contribution in [2.45, 2.75) is 12.3 Å². The number of rotatable bonds is 4. The summed E-state index contributed by atoms with van der Waals surface area (Å²) in [6.45, 7) is 0. The summed E-state index contributed by atoms with van der Waals surface area (Å²) in [5, 5.41) is 8.64. The molecule has 0 aliphatic carbocycles. The monoisotopic (exact) mass is 220 g/mol. The van der Waals surface area contributed by atoms with Gasteiger partial charge in [0.1, 0.15) is 0 Å². The molecule has 0 fully saturated rings. The lowest BCUT2D eigenvalue weighted by Crippen LogP contribution is -2.09. The summed E-state index contributed by atoms with van der Waals surface area (Å²) in [7, 11) is -8.92. The Kier molecular flexibility index (Phi) is 4.07. The van der Waals surface area contributed by atoms with Gasteiger partial charge in [-0.05, 0) is 6.42 Å². The summed E-state index contributed by atoms with van der Waals surface area (Å²) in [4.78, 5) is 33.1. The maximum Gasteiger partial charge on any atom is 0.353 e. The first kappa shape index (κ1) is 12.3. The third-order valence-corrected chi connectivity index (χ3v) is 2.94. The van der Waals surface area contributed by atoms with E-state index in [1.54, 1.807) is 0 Å². The van der Waals surface area contributed by atoms with E-state index in [-0.39, 0.29) is 0 Å². The maximum atomic E-state index is 10.2. The minimum absolute atomic E-state index is 0.617. The summed E-state index contributed by atoms with van der Waals surface area (Å²) in [6, 6.07) is 0. The van der Waals surface area contributed by atoms with Crippen LogP contribution in [0.15, 0.2) is 0 Å². The molecule has 5 N–H and O–H groups in total. The van der Waals surface area contributed by atoms with Crippen molar-refractivity contribution < 1.29 is 33.8 Å². The van der Waals surface area contributed by atoms with Gasteiger partial charge in [-0.15, -0.1) is 0 Å². The fourth-order valence-corrected chi connectivity index (χ4v) is 1.70. The van der Waals surface area contributed by atoms with Crippen molar-refractivity contribution in [1.29, 1.82) is 0 Å². The van der Waals surface area contributed by atoms with Crippen LogP contribution in [0.3, 0.4) is 0 Å². The first-order chi connectivity index (χ1) is 5.13. The van der Waals surface area contributed by atoms with Crippen LogP contribution in [-0.4, -0.2) is 36.7 Å². The average Bonchev–Trinajstić information content (AvgIpc) is 1.78. The Morgan fingerprint density at radius 2 is 1.50 bits per heavy atom. The van der Waals surface area contributed by atoms with Crippen LogP contribution in [0, 0.1) is 0 Å². The average molecular weight is 220 g/mol. The standard InChI is InChI=1S/C3H10O7P2/c4-3(12(8,9)10)1-2-11(5,6)7/h3-4H,1-2H2,(H2,5,6,7)(H2,8,9,10). The Labute approximate surface area is 68.4 Å². The molecule has 0 spiro atoms. The van der Waals surface area contributed by atoms with Gasteiger partial charge in [0, 0.05) is 0 Å². The SMILES string of the molecule is O=P(O)(O)CCC(O)P(=O)(O)O. The third kappa shape index (κ3) is 5.85. The Morgan fingerprint density at radius 1 is 1.08 bits per heavy atom. The second kappa shape index (κ2) is 3.98. The molecule has 0 amide bonds. The van der Waals surface area contributed by atoms with Crippen LogP contribution < -0.4 is 0 Å². The molecule has 0 heterocycles. The van der Waals surface area contributed by atoms with Gasteiger partial charge in [-0.2, -0.15) is 0 Å². The molecule has 74 valence electrons. The first-order valence-electron chi connectivity index (χ1n) is 2.91. The van der Waals surface area contributed by atoms with Gasteiger partial charge >= 0.3 is 15.2 Å². The van der Waals surface area contributed by atoms with Gasteiger partial charge in [-0.25, -0.2) is 0 Å². The molecule has 0 aromatic rings. The van der Waals surface area contributed by atoms with Crippen molar-refractivity contribution in [3.05, 3.63) is 0 Å². The maximum absolute atomic E-state index is 10.2. The highest BCUT2D eigenvalue weighted by atomic mass is 31.2. The molecule has 0 aliphatic heterocycles. The normalized spacial score (nSPS) is 16.1. The van der Waals surface area contributed by atoms with E-state index in [9.17, 15) is 9.13 Å². The highest BCUT2D eigenvalue weighted by Crippen LogP contribution is 2.44. The van der Waals surface area contributed by atoms with Gasteiger partial charge in [0.15, 0.2) is 5.85 Å².